The topological polar surface area (TPSA) is 52.8 Å². The maximum atomic E-state index is 12.6. The van der Waals surface area contributed by atoms with Crippen LogP contribution < -0.4 is 14.3 Å². The molecule has 28 heavy (non-hydrogen) atoms. The van der Waals surface area contributed by atoms with Gasteiger partial charge in [-0.25, -0.2) is 0 Å². The molecule has 0 spiro atoms. The lowest BCUT2D eigenvalue weighted by Gasteiger charge is -2.18. The van der Waals surface area contributed by atoms with Gasteiger partial charge in [0.1, 0.15) is 13.2 Å². The molecular weight excluding hydrogens is 392 g/mol. The van der Waals surface area contributed by atoms with Crippen molar-refractivity contribution in [2.45, 2.75) is 17.9 Å². The predicted molar refractivity (Wildman–Crippen MR) is 113 cm³/mol. The van der Waals surface area contributed by atoms with E-state index in [-0.39, 0.29) is 12.3 Å². The summed E-state index contributed by atoms with van der Waals surface area (Å²) in [6.07, 6.45) is 4.11. The Balaban J connectivity index is 1.70. The Morgan fingerprint density at radius 3 is 2.64 bits per heavy atom. The molecule has 0 saturated heterocycles. The standard InChI is InChI=1S/C21H20N2O3S2/c1-3-8-23-16-12-17-18(26-10-9-25-17)13-19(16)28-21(23)22-20(24)11-14-4-6-15(27-2)7-5-14/h3-7,12-13H,1,8-11H2,2H3. The normalized spacial score (nSPS) is 13.7. The lowest BCUT2D eigenvalue weighted by Crippen LogP contribution is -2.17. The van der Waals surface area contributed by atoms with Crippen molar-refractivity contribution in [1.29, 1.82) is 0 Å². The number of thioether (sulfide) groups is 1. The molecule has 1 aromatic heterocycles. The van der Waals surface area contributed by atoms with Crippen LogP contribution >= 0.6 is 23.1 Å². The van der Waals surface area contributed by atoms with Gasteiger partial charge in [-0.2, -0.15) is 4.99 Å². The fourth-order valence-electron chi connectivity index (χ4n) is 3.06. The van der Waals surface area contributed by atoms with Crippen LogP contribution in [0.4, 0.5) is 0 Å². The summed E-state index contributed by atoms with van der Waals surface area (Å²) in [6, 6.07) is 11.9. The number of rotatable bonds is 5. The van der Waals surface area contributed by atoms with Gasteiger partial charge in [-0.15, -0.1) is 18.3 Å². The Morgan fingerprint density at radius 2 is 1.96 bits per heavy atom. The summed E-state index contributed by atoms with van der Waals surface area (Å²) in [6.45, 7) is 5.48. The molecule has 0 radical (unpaired) electrons. The van der Waals surface area contributed by atoms with Gasteiger partial charge < -0.3 is 14.0 Å². The van der Waals surface area contributed by atoms with Crippen LogP contribution in [0.1, 0.15) is 5.56 Å². The summed E-state index contributed by atoms with van der Waals surface area (Å²) in [4.78, 5) is 18.8. The number of carbonyl (C=O) groups is 1. The van der Waals surface area contributed by atoms with E-state index in [4.69, 9.17) is 9.47 Å². The second-order valence-electron chi connectivity index (χ2n) is 6.28. The lowest BCUT2D eigenvalue weighted by atomic mass is 10.1. The van der Waals surface area contributed by atoms with E-state index < -0.39 is 0 Å². The van der Waals surface area contributed by atoms with E-state index in [1.54, 1.807) is 17.8 Å². The molecule has 4 rings (SSSR count). The molecule has 0 saturated carbocycles. The lowest BCUT2D eigenvalue weighted by molar-refractivity contribution is -0.117. The number of amides is 1. The Morgan fingerprint density at radius 1 is 1.25 bits per heavy atom. The monoisotopic (exact) mass is 412 g/mol. The van der Waals surface area contributed by atoms with Crippen molar-refractivity contribution in [2.24, 2.45) is 4.99 Å². The van der Waals surface area contributed by atoms with Crippen LogP contribution in [0.3, 0.4) is 0 Å². The first-order valence-electron chi connectivity index (χ1n) is 8.92. The fraction of sp³-hybridized carbons (Fsp3) is 0.238. The average Bonchev–Trinajstić information content (AvgIpc) is 3.03. The minimum Gasteiger partial charge on any atom is -0.486 e. The van der Waals surface area contributed by atoms with Gasteiger partial charge in [-0.3, -0.25) is 4.79 Å². The first-order chi connectivity index (χ1) is 13.7. The third-order valence-electron chi connectivity index (χ3n) is 4.39. The summed E-state index contributed by atoms with van der Waals surface area (Å²) < 4.78 is 14.4. The molecule has 0 atom stereocenters. The van der Waals surface area contributed by atoms with Crippen molar-refractivity contribution in [1.82, 2.24) is 4.57 Å². The molecule has 0 N–H and O–H groups in total. The average molecular weight is 413 g/mol. The number of carbonyl (C=O) groups excluding carboxylic acids is 1. The van der Waals surface area contributed by atoms with E-state index in [1.807, 2.05) is 47.2 Å². The fourth-order valence-corrected chi connectivity index (χ4v) is 4.54. The predicted octanol–water partition coefficient (Wildman–Crippen LogP) is 4.05. The van der Waals surface area contributed by atoms with Gasteiger partial charge >= 0.3 is 0 Å². The van der Waals surface area contributed by atoms with Crippen LogP contribution in [0, 0.1) is 0 Å². The zero-order valence-electron chi connectivity index (χ0n) is 15.5. The Labute approximate surface area is 171 Å². The smallest absolute Gasteiger partial charge is 0.252 e. The summed E-state index contributed by atoms with van der Waals surface area (Å²) in [5, 5.41) is 0. The van der Waals surface area contributed by atoms with E-state index in [2.05, 4.69) is 11.6 Å². The molecule has 0 bridgehead atoms. The molecule has 0 unspecified atom stereocenters. The zero-order valence-corrected chi connectivity index (χ0v) is 17.1. The van der Waals surface area contributed by atoms with Gasteiger partial charge in [0.05, 0.1) is 16.6 Å². The maximum Gasteiger partial charge on any atom is 0.252 e. The Hall–Kier alpha value is -2.51. The molecule has 1 aliphatic rings. The van der Waals surface area contributed by atoms with E-state index in [9.17, 15) is 4.79 Å². The van der Waals surface area contributed by atoms with E-state index in [0.29, 0.717) is 24.6 Å². The second kappa shape index (κ2) is 8.24. The number of allylic oxidation sites excluding steroid dienone is 1. The van der Waals surface area contributed by atoms with Crippen LogP contribution in [-0.4, -0.2) is 29.9 Å². The van der Waals surface area contributed by atoms with Gasteiger partial charge in [0, 0.05) is 23.6 Å². The highest BCUT2D eigenvalue weighted by Crippen LogP contribution is 2.35. The van der Waals surface area contributed by atoms with Gasteiger partial charge in [0.2, 0.25) is 0 Å². The highest BCUT2D eigenvalue weighted by molar-refractivity contribution is 7.98. The number of hydrogen-bond donors (Lipinski definition) is 0. The van der Waals surface area contributed by atoms with Crippen molar-refractivity contribution >= 4 is 39.2 Å². The largest absolute Gasteiger partial charge is 0.486 e. The molecule has 0 aliphatic carbocycles. The number of ether oxygens (including phenoxy) is 2. The van der Waals surface area contributed by atoms with Crippen molar-refractivity contribution in [3.8, 4) is 11.5 Å². The number of thiazole rings is 1. The number of fused-ring (bicyclic) bond motifs is 2. The molecule has 1 aliphatic heterocycles. The van der Waals surface area contributed by atoms with E-state index >= 15 is 0 Å². The van der Waals surface area contributed by atoms with E-state index in [1.165, 1.54) is 16.2 Å². The van der Waals surface area contributed by atoms with Crippen LogP contribution in [0.25, 0.3) is 10.2 Å². The third kappa shape index (κ3) is 3.86. The number of hydrogen-bond acceptors (Lipinski definition) is 5. The summed E-state index contributed by atoms with van der Waals surface area (Å²) >= 11 is 3.15. The first-order valence-corrected chi connectivity index (χ1v) is 11.0. The quantitative estimate of drug-likeness (QED) is 0.469. The third-order valence-corrected chi connectivity index (χ3v) is 6.18. The summed E-state index contributed by atoms with van der Waals surface area (Å²) in [5.41, 5.74) is 1.92. The second-order valence-corrected chi connectivity index (χ2v) is 8.17. The van der Waals surface area contributed by atoms with Crippen molar-refractivity contribution in [3.05, 3.63) is 59.4 Å². The highest BCUT2D eigenvalue weighted by atomic mass is 32.2. The Kier molecular flexibility index (Phi) is 5.54. The van der Waals surface area contributed by atoms with Crippen LogP contribution in [0.15, 0.2) is 58.9 Å². The van der Waals surface area contributed by atoms with Crippen LogP contribution in [-0.2, 0) is 17.8 Å². The zero-order chi connectivity index (χ0) is 19.5. The maximum absolute atomic E-state index is 12.6. The minimum atomic E-state index is -0.168. The molecule has 3 aromatic rings. The van der Waals surface area contributed by atoms with Crippen LogP contribution in [0.5, 0.6) is 11.5 Å². The number of nitrogens with zero attached hydrogens (tertiary/aromatic N) is 2. The molecule has 0 fully saturated rings. The van der Waals surface area contributed by atoms with Gasteiger partial charge in [0.25, 0.3) is 5.91 Å². The first kappa shape index (κ1) is 18.8. The highest BCUT2D eigenvalue weighted by Gasteiger charge is 2.16. The van der Waals surface area contributed by atoms with Crippen molar-refractivity contribution in [2.75, 3.05) is 19.5 Å². The molecule has 144 valence electrons. The molecule has 2 aromatic carbocycles. The summed E-state index contributed by atoms with van der Waals surface area (Å²) in [5.74, 6) is 1.29. The summed E-state index contributed by atoms with van der Waals surface area (Å²) in [7, 11) is 0. The SMILES string of the molecule is C=CCn1c(=NC(=O)Cc2ccc(SC)cc2)sc2cc3c(cc21)OCCO3. The Bertz CT molecular complexity index is 1100. The molecule has 5 nitrogen and oxygen atoms in total. The number of aromatic nitrogens is 1. The van der Waals surface area contributed by atoms with Crippen LogP contribution in [0.2, 0.25) is 0 Å². The number of benzene rings is 2. The van der Waals surface area contributed by atoms with Crippen molar-refractivity contribution in [3.63, 3.8) is 0 Å². The minimum absolute atomic E-state index is 0.168. The molecular formula is C21H20N2O3S2. The van der Waals surface area contributed by atoms with E-state index in [0.717, 1.165) is 27.3 Å². The van der Waals surface area contributed by atoms with Gasteiger partial charge in [-0.1, -0.05) is 29.5 Å². The molecule has 7 heteroatoms. The van der Waals surface area contributed by atoms with Gasteiger partial charge in [0.15, 0.2) is 16.3 Å². The molecule has 1 amide bonds. The molecule has 2 heterocycles. The van der Waals surface area contributed by atoms with Gasteiger partial charge in [-0.05, 0) is 24.0 Å². The van der Waals surface area contributed by atoms with Crippen molar-refractivity contribution < 1.29 is 14.3 Å².